The van der Waals surface area contributed by atoms with Crippen LogP contribution in [0.15, 0.2) is 22.7 Å². The SMILES string of the molecule is CC(N)CCCC(=O)Nc1ccc(C(=O)O)cc1Br. The highest BCUT2D eigenvalue weighted by Gasteiger charge is 2.09. The Morgan fingerprint density at radius 1 is 1.47 bits per heavy atom. The normalized spacial score (nSPS) is 11.9. The number of nitrogens with two attached hydrogens (primary N) is 1. The van der Waals surface area contributed by atoms with Gasteiger partial charge in [-0.1, -0.05) is 0 Å². The van der Waals surface area contributed by atoms with E-state index in [0.29, 0.717) is 16.6 Å². The molecule has 0 heterocycles. The molecule has 1 atom stereocenters. The number of anilines is 1. The first kappa shape index (κ1) is 15.7. The summed E-state index contributed by atoms with van der Waals surface area (Å²) < 4.78 is 0.549. The van der Waals surface area contributed by atoms with Crippen molar-refractivity contribution in [2.45, 2.75) is 32.2 Å². The molecule has 0 radical (unpaired) electrons. The lowest BCUT2D eigenvalue weighted by molar-refractivity contribution is -0.116. The standard InChI is InChI=1S/C13H17BrN2O3/c1-8(15)3-2-4-12(17)16-11-6-5-9(13(18)19)7-10(11)14/h5-8H,2-4,15H2,1H3,(H,16,17)(H,18,19). The minimum atomic E-state index is -1.00. The number of amides is 1. The molecule has 6 heteroatoms. The van der Waals surface area contributed by atoms with Gasteiger partial charge in [-0.15, -0.1) is 0 Å². The van der Waals surface area contributed by atoms with Gasteiger partial charge in [-0.05, 0) is 53.9 Å². The van der Waals surface area contributed by atoms with Crippen molar-refractivity contribution < 1.29 is 14.7 Å². The lowest BCUT2D eigenvalue weighted by atomic mass is 10.1. The van der Waals surface area contributed by atoms with Crippen molar-refractivity contribution in [2.75, 3.05) is 5.32 Å². The molecule has 1 aromatic carbocycles. The molecule has 104 valence electrons. The zero-order valence-electron chi connectivity index (χ0n) is 10.6. The second kappa shape index (κ2) is 7.25. The zero-order valence-corrected chi connectivity index (χ0v) is 12.2. The van der Waals surface area contributed by atoms with E-state index in [1.165, 1.54) is 12.1 Å². The minimum Gasteiger partial charge on any atom is -0.478 e. The fourth-order valence-electron chi connectivity index (χ4n) is 1.55. The minimum absolute atomic E-state index is 0.0920. The Morgan fingerprint density at radius 3 is 2.68 bits per heavy atom. The number of hydrogen-bond acceptors (Lipinski definition) is 3. The molecule has 19 heavy (non-hydrogen) atoms. The predicted octanol–water partition coefficient (Wildman–Crippen LogP) is 2.60. The van der Waals surface area contributed by atoms with Gasteiger partial charge < -0.3 is 16.2 Å². The van der Waals surface area contributed by atoms with Crippen molar-refractivity contribution >= 4 is 33.5 Å². The van der Waals surface area contributed by atoms with Gasteiger partial charge in [0.25, 0.3) is 0 Å². The highest BCUT2D eigenvalue weighted by Crippen LogP contribution is 2.24. The van der Waals surface area contributed by atoms with E-state index in [-0.39, 0.29) is 17.5 Å². The van der Waals surface area contributed by atoms with Crippen LogP contribution in [0.1, 0.15) is 36.5 Å². The van der Waals surface area contributed by atoms with Gasteiger partial charge in [-0.2, -0.15) is 0 Å². The van der Waals surface area contributed by atoms with E-state index in [1.807, 2.05) is 6.92 Å². The van der Waals surface area contributed by atoms with E-state index in [0.717, 1.165) is 12.8 Å². The first-order chi connectivity index (χ1) is 8.90. The molecule has 0 saturated heterocycles. The molecular formula is C13H17BrN2O3. The number of carboxylic acid groups (broad SMARTS) is 1. The van der Waals surface area contributed by atoms with E-state index in [4.69, 9.17) is 10.8 Å². The van der Waals surface area contributed by atoms with Crippen molar-refractivity contribution in [2.24, 2.45) is 5.73 Å². The van der Waals surface area contributed by atoms with Crippen LogP contribution < -0.4 is 11.1 Å². The number of carbonyl (C=O) groups excluding carboxylic acids is 1. The average molecular weight is 329 g/mol. The fraction of sp³-hybridized carbons (Fsp3) is 0.385. The van der Waals surface area contributed by atoms with Crippen LogP contribution in [0, 0.1) is 0 Å². The third kappa shape index (κ3) is 5.40. The van der Waals surface area contributed by atoms with Crippen molar-refractivity contribution in [1.82, 2.24) is 0 Å². The number of hydrogen-bond donors (Lipinski definition) is 3. The van der Waals surface area contributed by atoms with Crippen molar-refractivity contribution in [3.05, 3.63) is 28.2 Å². The van der Waals surface area contributed by atoms with Crippen LogP contribution in [0.25, 0.3) is 0 Å². The summed E-state index contributed by atoms with van der Waals surface area (Å²) in [5.74, 6) is -1.11. The number of rotatable bonds is 6. The number of nitrogens with one attached hydrogen (secondary N) is 1. The Hall–Kier alpha value is -1.40. The maximum Gasteiger partial charge on any atom is 0.335 e. The maximum absolute atomic E-state index is 11.7. The topological polar surface area (TPSA) is 92.4 Å². The molecule has 0 aliphatic heterocycles. The smallest absolute Gasteiger partial charge is 0.335 e. The molecule has 0 aliphatic rings. The summed E-state index contributed by atoms with van der Waals surface area (Å²) >= 11 is 3.24. The molecule has 1 unspecified atom stereocenters. The molecular weight excluding hydrogens is 312 g/mol. The molecule has 5 nitrogen and oxygen atoms in total. The average Bonchev–Trinajstić information content (AvgIpc) is 2.31. The van der Waals surface area contributed by atoms with Crippen LogP contribution in [0.4, 0.5) is 5.69 Å². The Bertz CT molecular complexity index is 475. The molecule has 1 amide bonds. The highest BCUT2D eigenvalue weighted by molar-refractivity contribution is 9.10. The first-order valence-electron chi connectivity index (χ1n) is 5.98. The van der Waals surface area contributed by atoms with Crippen molar-refractivity contribution in [1.29, 1.82) is 0 Å². The lowest BCUT2D eigenvalue weighted by Gasteiger charge is -2.09. The van der Waals surface area contributed by atoms with Gasteiger partial charge in [0.05, 0.1) is 11.3 Å². The van der Waals surface area contributed by atoms with Crippen LogP contribution in [0.3, 0.4) is 0 Å². The number of aromatic carboxylic acids is 1. The third-order valence-corrected chi connectivity index (χ3v) is 3.21. The summed E-state index contributed by atoms with van der Waals surface area (Å²) in [6, 6.07) is 4.57. The molecule has 1 aromatic rings. The number of carbonyl (C=O) groups is 2. The number of benzene rings is 1. The van der Waals surface area contributed by atoms with Crippen LogP contribution in [-0.4, -0.2) is 23.0 Å². The third-order valence-electron chi connectivity index (χ3n) is 2.55. The quantitative estimate of drug-likeness (QED) is 0.748. The Morgan fingerprint density at radius 2 is 2.16 bits per heavy atom. The zero-order chi connectivity index (χ0) is 14.4. The van der Waals surface area contributed by atoms with Gasteiger partial charge >= 0.3 is 5.97 Å². The van der Waals surface area contributed by atoms with E-state index >= 15 is 0 Å². The molecule has 4 N–H and O–H groups in total. The monoisotopic (exact) mass is 328 g/mol. The largest absolute Gasteiger partial charge is 0.478 e. The summed E-state index contributed by atoms with van der Waals surface area (Å²) in [7, 11) is 0. The van der Waals surface area contributed by atoms with Crippen LogP contribution in [-0.2, 0) is 4.79 Å². The van der Waals surface area contributed by atoms with E-state index in [2.05, 4.69) is 21.2 Å². The Labute approximate surface area is 120 Å². The van der Waals surface area contributed by atoms with Gasteiger partial charge in [0, 0.05) is 16.9 Å². The highest BCUT2D eigenvalue weighted by atomic mass is 79.9. The molecule has 0 aliphatic carbocycles. The maximum atomic E-state index is 11.7. The van der Waals surface area contributed by atoms with Crippen LogP contribution in [0.2, 0.25) is 0 Å². The van der Waals surface area contributed by atoms with Gasteiger partial charge in [-0.25, -0.2) is 4.79 Å². The summed E-state index contributed by atoms with van der Waals surface area (Å²) in [6.07, 6.45) is 1.93. The Balaban J connectivity index is 2.57. The van der Waals surface area contributed by atoms with E-state index in [9.17, 15) is 9.59 Å². The second-order valence-corrected chi connectivity index (χ2v) is 5.27. The number of carboxylic acids is 1. The van der Waals surface area contributed by atoms with Crippen LogP contribution in [0.5, 0.6) is 0 Å². The van der Waals surface area contributed by atoms with E-state index < -0.39 is 5.97 Å². The molecule has 0 bridgehead atoms. The van der Waals surface area contributed by atoms with Crippen molar-refractivity contribution in [3.63, 3.8) is 0 Å². The van der Waals surface area contributed by atoms with Crippen LogP contribution >= 0.6 is 15.9 Å². The van der Waals surface area contributed by atoms with Gasteiger partial charge in [0.1, 0.15) is 0 Å². The molecule has 0 aromatic heterocycles. The lowest BCUT2D eigenvalue weighted by Crippen LogP contribution is -2.17. The van der Waals surface area contributed by atoms with E-state index in [1.54, 1.807) is 6.07 Å². The predicted molar refractivity (Wildman–Crippen MR) is 77.2 cm³/mol. The summed E-state index contributed by atoms with van der Waals surface area (Å²) in [6.45, 7) is 1.90. The first-order valence-corrected chi connectivity index (χ1v) is 6.77. The summed E-state index contributed by atoms with van der Waals surface area (Å²) in [5.41, 5.74) is 6.34. The molecule has 0 fully saturated rings. The van der Waals surface area contributed by atoms with Gasteiger partial charge in [-0.3, -0.25) is 4.79 Å². The van der Waals surface area contributed by atoms with Crippen molar-refractivity contribution in [3.8, 4) is 0 Å². The second-order valence-electron chi connectivity index (χ2n) is 4.42. The fourth-order valence-corrected chi connectivity index (χ4v) is 2.02. The van der Waals surface area contributed by atoms with Gasteiger partial charge in [0.2, 0.25) is 5.91 Å². The molecule has 1 rings (SSSR count). The Kier molecular flexibility index (Phi) is 5.98. The summed E-state index contributed by atoms with van der Waals surface area (Å²) in [5, 5.41) is 11.6. The summed E-state index contributed by atoms with van der Waals surface area (Å²) in [4.78, 5) is 22.4. The number of halogens is 1. The molecule has 0 spiro atoms. The van der Waals surface area contributed by atoms with Gasteiger partial charge in [0.15, 0.2) is 0 Å². The molecule has 0 saturated carbocycles.